The van der Waals surface area contributed by atoms with Crippen molar-refractivity contribution in [2.75, 3.05) is 14.1 Å². The Morgan fingerprint density at radius 1 is 0.977 bits per heavy atom. The van der Waals surface area contributed by atoms with Crippen LogP contribution in [0.4, 0.5) is 18.0 Å². The highest BCUT2D eigenvalue weighted by Crippen LogP contribution is 2.21. The first-order valence-electron chi connectivity index (χ1n) is 14.4. The third-order valence-corrected chi connectivity index (χ3v) is 5.97. The molecule has 0 unspecified atom stereocenters. The Kier molecular flexibility index (Phi) is 16.7. The van der Waals surface area contributed by atoms with E-state index in [9.17, 15) is 27.6 Å². The van der Waals surface area contributed by atoms with Crippen molar-refractivity contribution in [2.45, 2.75) is 109 Å². The number of aliphatic imine (C=N–C) groups is 2. The lowest BCUT2D eigenvalue weighted by molar-refractivity contribution is -0.196. The molecule has 12 nitrogen and oxygen atoms in total. The van der Waals surface area contributed by atoms with Gasteiger partial charge in [-0.05, 0) is 63.8 Å². The number of esters is 1. The maximum atomic E-state index is 11.6. The molecule has 1 aromatic carbocycles. The second kappa shape index (κ2) is 19.3. The summed E-state index contributed by atoms with van der Waals surface area (Å²) >= 11 is 0. The summed E-state index contributed by atoms with van der Waals surface area (Å²) in [6.45, 7) is 4.27. The van der Waals surface area contributed by atoms with E-state index in [1.807, 2.05) is 12.1 Å². The molecule has 1 aromatic heterocycles. The summed E-state index contributed by atoms with van der Waals surface area (Å²) in [5.41, 5.74) is 0.315. The average Bonchev–Trinajstić information content (AvgIpc) is 3.34. The number of hydrogen-bond donors (Lipinski definition) is 1. The number of nitrogens with zero attached hydrogens (tertiary/aromatic N) is 6. The standard InChI is InChI=1S/C13H22N2.C7H9F3O4.C6H5N3O.C3H7NO/c1-3-7-12(8-4-1)14-11-15-13-9-5-2-6-10-13;1-6(2,3)14-5(12)13-4(11)7(8,9)10;10-9-6-4-2-1-3-5(6)7-8-9;1-4(2)3-5/h12-13H,1-10H2;1-3H3;1-4,10H;3H,1-2H3. The van der Waals surface area contributed by atoms with Gasteiger partial charge in [-0.3, -0.25) is 4.79 Å². The first-order chi connectivity index (χ1) is 20.6. The van der Waals surface area contributed by atoms with Crippen LogP contribution < -0.4 is 0 Å². The molecule has 0 atom stereocenters. The van der Waals surface area contributed by atoms with Crippen LogP contribution in [-0.4, -0.2) is 87.8 Å². The number of benzene rings is 1. The average molecular weight is 629 g/mol. The summed E-state index contributed by atoms with van der Waals surface area (Å²) in [4.78, 5) is 41.2. The summed E-state index contributed by atoms with van der Waals surface area (Å²) in [6.07, 6.45) is 7.09. The fourth-order valence-corrected chi connectivity index (χ4v) is 3.88. The third kappa shape index (κ3) is 17.2. The van der Waals surface area contributed by atoms with E-state index in [-0.39, 0.29) is 0 Å². The number of carbonyl (C=O) groups excluding carboxylic acids is 3. The minimum Gasteiger partial charge on any atom is -0.428 e. The molecule has 2 fully saturated rings. The summed E-state index contributed by atoms with van der Waals surface area (Å²) < 4.78 is 42.4. The topological polar surface area (TPSA) is 149 Å². The van der Waals surface area contributed by atoms with E-state index < -0.39 is 23.9 Å². The number of rotatable bonds is 3. The van der Waals surface area contributed by atoms with Gasteiger partial charge in [0.15, 0.2) is 0 Å². The number of ether oxygens (including phenoxy) is 2. The SMILES string of the molecule is C(=NC1CCCCC1)=NC1CCCCC1.CC(C)(C)OC(=O)OC(=O)C(F)(F)F.CN(C)C=O.On1nnc2ccccc21. The van der Waals surface area contributed by atoms with Crippen molar-refractivity contribution >= 4 is 35.6 Å². The van der Waals surface area contributed by atoms with Gasteiger partial charge in [-0.25, -0.2) is 19.6 Å². The first-order valence-corrected chi connectivity index (χ1v) is 14.4. The predicted molar refractivity (Wildman–Crippen MR) is 156 cm³/mol. The fourth-order valence-electron chi connectivity index (χ4n) is 3.88. The van der Waals surface area contributed by atoms with E-state index >= 15 is 0 Å². The van der Waals surface area contributed by atoms with Crippen LogP contribution in [0.5, 0.6) is 0 Å². The first kappa shape index (κ1) is 38.0. The lowest BCUT2D eigenvalue weighted by Gasteiger charge is -2.18. The molecule has 0 radical (unpaired) electrons. The van der Waals surface area contributed by atoms with Crippen molar-refractivity contribution in [3.8, 4) is 0 Å². The molecule has 1 heterocycles. The van der Waals surface area contributed by atoms with Crippen LogP contribution in [0, 0.1) is 0 Å². The molecule has 2 aliphatic carbocycles. The highest BCUT2D eigenvalue weighted by Gasteiger charge is 2.43. The Balaban J connectivity index is 0.000000310. The van der Waals surface area contributed by atoms with Gasteiger partial charge >= 0.3 is 18.3 Å². The molecule has 2 saturated carbocycles. The summed E-state index contributed by atoms with van der Waals surface area (Å²) in [5, 5.41) is 16.1. The second-order valence-corrected chi connectivity index (χ2v) is 11.3. The third-order valence-electron chi connectivity index (χ3n) is 5.97. The van der Waals surface area contributed by atoms with Gasteiger partial charge in [0.05, 0.1) is 18.1 Å². The molecule has 1 amide bonds. The van der Waals surface area contributed by atoms with Crippen molar-refractivity contribution in [3.05, 3.63) is 24.3 Å². The number of carbonyl (C=O) groups is 3. The van der Waals surface area contributed by atoms with Crippen LogP contribution in [0.15, 0.2) is 34.3 Å². The normalized spacial score (nSPS) is 15.4. The predicted octanol–water partition coefficient (Wildman–Crippen LogP) is 6.23. The molecule has 0 spiro atoms. The largest absolute Gasteiger partial charge is 0.516 e. The van der Waals surface area contributed by atoms with Crippen LogP contribution in [0.2, 0.25) is 0 Å². The maximum Gasteiger partial charge on any atom is 0.516 e. The Hall–Kier alpha value is -4.00. The molecule has 1 N–H and O–H groups in total. The van der Waals surface area contributed by atoms with Crippen LogP contribution in [-0.2, 0) is 19.1 Å². The molecule has 0 aliphatic heterocycles. The molecule has 2 aliphatic rings. The second-order valence-electron chi connectivity index (χ2n) is 11.3. The van der Waals surface area contributed by atoms with Crippen LogP contribution in [0.3, 0.4) is 0 Å². The zero-order chi connectivity index (χ0) is 33.2. The Bertz CT molecular complexity index is 1190. The molecular formula is C29H43F3N6O6. The van der Waals surface area contributed by atoms with Crippen molar-refractivity contribution in [1.29, 1.82) is 0 Å². The van der Waals surface area contributed by atoms with Gasteiger partial charge in [0.1, 0.15) is 16.6 Å². The number of alkyl halides is 3. The molecule has 44 heavy (non-hydrogen) atoms. The van der Waals surface area contributed by atoms with Crippen LogP contribution in [0.25, 0.3) is 11.0 Å². The van der Waals surface area contributed by atoms with E-state index in [1.54, 1.807) is 26.2 Å². The summed E-state index contributed by atoms with van der Waals surface area (Å²) in [7, 11) is 3.38. The molecule has 4 rings (SSSR count). The van der Waals surface area contributed by atoms with E-state index in [0.717, 1.165) is 11.3 Å². The van der Waals surface area contributed by atoms with Crippen molar-refractivity contribution in [1.82, 2.24) is 20.1 Å². The molecule has 15 heteroatoms. The molecule has 2 aromatic rings. The van der Waals surface area contributed by atoms with Gasteiger partial charge in [-0.15, -0.1) is 5.10 Å². The highest BCUT2D eigenvalue weighted by atomic mass is 19.4. The quantitative estimate of drug-likeness (QED) is 0.138. The van der Waals surface area contributed by atoms with Gasteiger partial charge in [-0.2, -0.15) is 13.2 Å². The lowest BCUT2D eigenvalue weighted by atomic mass is 9.96. The molecular weight excluding hydrogens is 585 g/mol. The number of hydrogen-bond acceptors (Lipinski definition) is 10. The monoisotopic (exact) mass is 628 g/mol. The van der Waals surface area contributed by atoms with Gasteiger partial charge in [-0.1, -0.05) is 55.5 Å². The van der Waals surface area contributed by atoms with Gasteiger partial charge in [0.2, 0.25) is 6.41 Å². The Labute approximate surface area is 255 Å². The van der Waals surface area contributed by atoms with E-state index in [2.05, 4.69) is 35.8 Å². The van der Waals surface area contributed by atoms with E-state index in [4.69, 9.17) is 5.21 Å². The summed E-state index contributed by atoms with van der Waals surface area (Å²) in [6, 6.07) is 11.2. The zero-order valence-electron chi connectivity index (χ0n) is 25.9. The lowest BCUT2D eigenvalue weighted by Crippen LogP contribution is -2.31. The zero-order valence-corrected chi connectivity index (χ0v) is 25.9. The van der Waals surface area contributed by atoms with E-state index in [0.29, 0.717) is 23.1 Å². The van der Waals surface area contributed by atoms with E-state index in [1.165, 1.54) is 89.9 Å². The Morgan fingerprint density at radius 3 is 1.86 bits per heavy atom. The van der Waals surface area contributed by atoms with Gasteiger partial charge < -0.3 is 19.6 Å². The fraction of sp³-hybridized carbons (Fsp3) is 0.655. The molecule has 246 valence electrons. The van der Waals surface area contributed by atoms with Crippen LogP contribution >= 0.6 is 0 Å². The van der Waals surface area contributed by atoms with Crippen molar-refractivity contribution in [3.63, 3.8) is 0 Å². The van der Waals surface area contributed by atoms with Crippen molar-refractivity contribution in [2.24, 2.45) is 9.98 Å². The van der Waals surface area contributed by atoms with Gasteiger partial charge in [0.25, 0.3) is 0 Å². The highest BCUT2D eigenvalue weighted by molar-refractivity contribution is 5.85. The number of halogens is 3. The maximum absolute atomic E-state index is 11.6. The Morgan fingerprint density at radius 2 is 1.45 bits per heavy atom. The van der Waals surface area contributed by atoms with Crippen molar-refractivity contribution < 1.29 is 42.2 Å². The molecule has 0 bridgehead atoms. The van der Waals surface area contributed by atoms with Crippen LogP contribution in [0.1, 0.15) is 85.0 Å². The minimum atomic E-state index is -5.20. The number of aromatic nitrogens is 3. The number of amides is 1. The summed E-state index contributed by atoms with van der Waals surface area (Å²) in [5.74, 6) is -2.59. The number of para-hydroxylation sites is 1. The van der Waals surface area contributed by atoms with Gasteiger partial charge in [0, 0.05) is 14.1 Å². The minimum absolute atomic E-state index is 0.533. The smallest absolute Gasteiger partial charge is 0.428 e. The number of fused-ring (bicyclic) bond motifs is 1. The molecule has 0 saturated heterocycles.